The number of esters is 1. The van der Waals surface area contributed by atoms with Crippen LogP contribution in [0.1, 0.15) is 41.6 Å². The first-order chi connectivity index (χ1) is 19.2. The Morgan fingerprint density at radius 3 is 2.73 bits per heavy atom. The second-order valence-corrected chi connectivity index (χ2v) is 10.2. The van der Waals surface area contributed by atoms with Crippen LogP contribution in [0, 0.1) is 0 Å². The lowest BCUT2D eigenvalue weighted by Gasteiger charge is -2.24. The number of carbonyl (C=O) groups excluding carboxylic acids is 1. The summed E-state index contributed by atoms with van der Waals surface area (Å²) in [6, 6.07) is 14.0. The van der Waals surface area contributed by atoms with E-state index in [1.54, 1.807) is 57.4 Å². The molecule has 5 rings (SSSR count). The molecule has 0 bridgehead atoms. The standard InChI is InChI=1S/C29H23ClN2O7S/c1-4-38-28(36)24-15(2)31-29-32(25(24)16-6-5-7-18(12-16)37-3)26(33)23(40-29)14-19-9-11-22(39-19)20-13-17(27(34)35)8-10-21(20)30/h5-14,25H,4H2,1-3H3,(H,34,35)/b23-14+. The molecule has 11 heteroatoms. The fourth-order valence-electron chi connectivity index (χ4n) is 4.47. The molecular formula is C29H23ClN2O7S. The first-order valence-electron chi connectivity index (χ1n) is 12.2. The molecule has 0 fully saturated rings. The van der Waals surface area contributed by atoms with Gasteiger partial charge in [0, 0.05) is 11.6 Å². The van der Waals surface area contributed by atoms with Gasteiger partial charge in [0.05, 0.1) is 46.1 Å². The summed E-state index contributed by atoms with van der Waals surface area (Å²) in [5.41, 5.74) is 1.49. The van der Waals surface area contributed by atoms with Crippen LogP contribution in [0.2, 0.25) is 5.02 Å². The molecule has 0 aliphatic carbocycles. The molecule has 2 aromatic heterocycles. The summed E-state index contributed by atoms with van der Waals surface area (Å²) in [6.07, 6.45) is 1.58. The van der Waals surface area contributed by atoms with Crippen LogP contribution in [0.15, 0.2) is 80.1 Å². The van der Waals surface area contributed by atoms with Gasteiger partial charge in [-0.2, -0.15) is 0 Å². The van der Waals surface area contributed by atoms with Gasteiger partial charge >= 0.3 is 11.9 Å². The van der Waals surface area contributed by atoms with Gasteiger partial charge in [-0.15, -0.1) is 0 Å². The second-order valence-electron chi connectivity index (χ2n) is 8.78. The highest BCUT2D eigenvalue weighted by molar-refractivity contribution is 7.07. The maximum Gasteiger partial charge on any atom is 0.338 e. The Morgan fingerprint density at radius 2 is 2.00 bits per heavy atom. The van der Waals surface area contributed by atoms with E-state index in [0.717, 1.165) is 11.3 Å². The van der Waals surface area contributed by atoms with E-state index in [-0.39, 0.29) is 23.3 Å². The minimum atomic E-state index is -1.09. The third kappa shape index (κ3) is 4.99. The largest absolute Gasteiger partial charge is 0.497 e. The Bertz CT molecular complexity index is 1870. The van der Waals surface area contributed by atoms with Gasteiger partial charge in [0.1, 0.15) is 17.3 Å². The Labute approximate surface area is 236 Å². The van der Waals surface area contributed by atoms with Crippen molar-refractivity contribution in [1.82, 2.24) is 4.57 Å². The van der Waals surface area contributed by atoms with Crippen molar-refractivity contribution in [3.05, 3.63) is 107 Å². The normalized spacial score (nSPS) is 15.0. The molecule has 0 saturated heterocycles. The van der Waals surface area contributed by atoms with Crippen LogP contribution < -0.4 is 19.6 Å². The molecular weight excluding hydrogens is 556 g/mol. The number of rotatable bonds is 7. The maximum atomic E-state index is 13.8. The van der Waals surface area contributed by atoms with Crippen molar-refractivity contribution in [2.75, 3.05) is 13.7 Å². The van der Waals surface area contributed by atoms with Crippen LogP contribution in [0.3, 0.4) is 0 Å². The number of furan rings is 1. The molecule has 1 aliphatic heterocycles. The number of hydrogen-bond acceptors (Lipinski definition) is 8. The summed E-state index contributed by atoms with van der Waals surface area (Å²) in [7, 11) is 1.54. The number of aromatic nitrogens is 1. The lowest BCUT2D eigenvalue weighted by atomic mass is 9.95. The Balaban J connectivity index is 1.64. The van der Waals surface area contributed by atoms with Crippen LogP contribution in [0.25, 0.3) is 17.4 Å². The van der Waals surface area contributed by atoms with Crippen molar-refractivity contribution in [3.63, 3.8) is 0 Å². The fourth-order valence-corrected chi connectivity index (χ4v) is 5.71. The highest BCUT2D eigenvalue weighted by atomic mass is 35.5. The van der Waals surface area contributed by atoms with E-state index in [2.05, 4.69) is 4.99 Å². The highest BCUT2D eigenvalue weighted by Gasteiger charge is 2.33. The number of nitrogens with zero attached hydrogens (tertiary/aromatic N) is 2. The van der Waals surface area contributed by atoms with E-state index < -0.39 is 18.0 Å². The van der Waals surface area contributed by atoms with E-state index in [1.165, 1.54) is 22.8 Å². The molecule has 0 spiro atoms. The average molecular weight is 579 g/mol. The number of halogens is 1. The zero-order valence-corrected chi connectivity index (χ0v) is 23.2. The molecule has 0 radical (unpaired) electrons. The van der Waals surface area contributed by atoms with E-state index in [1.807, 2.05) is 6.07 Å². The van der Waals surface area contributed by atoms with Crippen molar-refractivity contribution in [2.45, 2.75) is 19.9 Å². The first kappa shape index (κ1) is 27.2. The van der Waals surface area contributed by atoms with Gasteiger partial charge in [-0.1, -0.05) is 35.1 Å². The van der Waals surface area contributed by atoms with Crippen molar-refractivity contribution in [3.8, 4) is 17.1 Å². The minimum absolute atomic E-state index is 0.0657. The summed E-state index contributed by atoms with van der Waals surface area (Å²) >= 11 is 7.45. The number of carboxylic acids is 1. The Hall–Kier alpha value is -4.41. The lowest BCUT2D eigenvalue weighted by molar-refractivity contribution is -0.139. The van der Waals surface area contributed by atoms with Crippen LogP contribution in [-0.2, 0) is 9.53 Å². The molecule has 0 amide bonds. The van der Waals surface area contributed by atoms with Gasteiger partial charge in [-0.25, -0.2) is 14.6 Å². The summed E-state index contributed by atoms with van der Waals surface area (Å²) in [5, 5.41) is 9.65. The number of aromatic carboxylic acids is 1. The van der Waals surface area contributed by atoms with E-state index in [9.17, 15) is 19.5 Å². The molecule has 204 valence electrons. The predicted molar refractivity (Wildman–Crippen MR) is 150 cm³/mol. The maximum absolute atomic E-state index is 13.8. The number of allylic oxidation sites excluding steroid dienone is 1. The number of hydrogen-bond donors (Lipinski definition) is 1. The molecule has 4 aromatic rings. The molecule has 9 nitrogen and oxygen atoms in total. The third-order valence-electron chi connectivity index (χ3n) is 6.31. The molecule has 3 heterocycles. The van der Waals surface area contributed by atoms with Gasteiger partial charge < -0.3 is 19.0 Å². The van der Waals surface area contributed by atoms with Crippen molar-refractivity contribution < 1.29 is 28.6 Å². The number of carboxylic acid groups (broad SMARTS) is 1. The van der Waals surface area contributed by atoms with Crippen LogP contribution >= 0.6 is 22.9 Å². The third-order valence-corrected chi connectivity index (χ3v) is 7.62. The summed E-state index contributed by atoms with van der Waals surface area (Å²) in [5.74, 6) is -0.361. The van der Waals surface area contributed by atoms with Gasteiger partial charge in [0.25, 0.3) is 5.56 Å². The molecule has 0 saturated carbocycles. The Kier molecular flexibility index (Phi) is 7.46. The van der Waals surface area contributed by atoms with Crippen LogP contribution in [0.5, 0.6) is 5.75 Å². The number of ether oxygens (including phenoxy) is 2. The predicted octanol–water partition coefficient (Wildman–Crippen LogP) is 4.42. The second kappa shape index (κ2) is 11.0. The topological polar surface area (TPSA) is 120 Å². The molecule has 1 unspecified atom stereocenters. The van der Waals surface area contributed by atoms with Crippen molar-refractivity contribution in [1.29, 1.82) is 0 Å². The Morgan fingerprint density at radius 1 is 1.20 bits per heavy atom. The zero-order valence-electron chi connectivity index (χ0n) is 21.6. The summed E-state index contributed by atoms with van der Waals surface area (Å²) < 4.78 is 18.4. The average Bonchev–Trinajstić information content (AvgIpc) is 3.52. The lowest BCUT2D eigenvalue weighted by Crippen LogP contribution is -2.39. The first-order valence-corrected chi connectivity index (χ1v) is 13.4. The number of thiazole rings is 1. The molecule has 40 heavy (non-hydrogen) atoms. The van der Waals surface area contributed by atoms with Crippen LogP contribution in [0.4, 0.5) is 0 Å². The summed E-state index contributed by atoms with van der Waals surface area (Å²) in [4.78, 5) is 43.2. The van der Waals surface area contributed by atoms with Gasteiger partial charge in [-0.05, 0) is 61.9 Å². The van der Waals surface area contributed by atoms with Gasteiger partial charge in [0.15, 0.2) is 4.80 Å². The van der Waals surface area contributed by atoms with E-state index in [0.29, 0.717) is 48.5 Å². The molecule has 1 aliphatic rings. The number of benzene rings is 2. The highest BCUT2D eigenvalue weighted by Crippen LogP contribution is 2.33. The van der Waals surface area contributed by atoms with E-state index >= 15 is 0 Å². The quantitative estimate of drug-likeness (QED) is 0.322. The van der Waals surface area contributed by atoms with Crippen molar-refractivity contribution in [2.24, 2.45) is 4.99 Å². The SMILES string of the molecule is CCOC(=O)C1=C(C)N=c2s/c(=C/c3ccc(-c4cc(C(=O)O)ccc4Cl)o3)c(=O)n2C1c1cccc(OC)c1. The summed E-state index contributed by atoms with van der Waals surface area (Å²) in [6.45, 7) is 3.60. The number of methoxy groups -OCH3 is 1. The molecule has 1 N–H and O–H groups in total. The minimum Gasteiger partial charge on any atom is -0.497 e. The van der Waals surface area contributed by atoms with Crippen molar-refractivity contribution >= 4 is 41.0 Å². The van der Waals surface area contributed by atoms with E-state index in [4.69, 9.17) is 25.5 Å². The number of carbonyl (C=O) groups is 2. The van der Waals surface area contributed by atoms with Gasteiger partial charge in [-0.3, -0.25) is 9.36 Å². The molecule has 2 aromatic carbocycles. The number of fused-ring (bicyclic) bond motifs is 1. The smallest absolute Gasteiger partial charge is 0.338 e. The van der Waals surface area contributed by atoms with Gasteiger partial charge in [0.2, 0.25) is 0 Å². The fraction of sp³-hybridized carbons (Fsp3) is 0.172. The molecule has 1 atom stereocenters. The van der Waals surface area contributed by atoms with Crippen LogP contribution in [-0.4, -0.2) is 35.3 Å². The zero-order chi connectivity index (χ0) is 28.6. The monoisotopic (exact) mass is 578 g/mol.